The van der Waals surface area contributed by atoms with E-state index < -0.39 is 52.6 Å². The highest BCUT2D eigenvalue weighted by Crippen LogP contribution is 2.51. The van der Waals surface area contributed by atoms with Gasteiger partial charge in [-0.15, -0.1) is 0 Å². The number of Topliss-reactive ketones (excluding diaryl/α,β-unsaturated/α-hetero) is 2. The Morgan fingerprint density at radius 3 is 2.18 bits per heavy atom. The molecule has 2 aromatic rings. The Hall–Kier alpha value is -3.91. The standard InChI is InChI=1S/C31H34N2O6/c1-31(2,3)16-8-6-14(7-9-16)17-10-11-20(34)22-18(17)12-15-13-19-23(27(36)21(15)26(22)35)28(37)24(30(32)39)29(38)25(19)33(4)5/h6-11,15,19,23,25,34-35,38H,12-13H2,1-5H3,(H2,32,39)/t15?,19?,23?,25-/m0/s1. The van der Waals surface area contributed by atoms with Gasteiger partial charge in [-0.1, -0.05) is 51.1 Å². The Kier molecular flexibility index (Phi) is 6.22. The average molecular weight is 531 g/mol. The molecule has 3 aliphatic carbocycles. The molecule has 0 heterocycles. The smallest absolute Gasteiger partial charge is 0.255 e. The van der Waals surface area contributed by atoms with Crippen molar-refractivity contribution < 1.29 is 29.7 Å². The van der Waals surface area contributed by atoms with Crippen molar-refractivity contribution in [3.05, 3.63) is 70.0 Å². The molecule has 1 saturated carbocycles. The van der Waals surface area contributed by atoms with Crippen LogP contribution in [0.3, 0.4) is 0 Å². The Bertz CT molecular complexity index is 1480. The molecule has 5 N–H and O–H groups in total. The molecule has 39 heavy (non-hydrogen) atoms. The van der Waals surface area contributed by atoms with Crippen LogP contribution in [0.25, 0.3) is 16.9 Å². The largest absolute Gasteiger partial charge is 0.510 e. The van der Waals surface area contributed by atoms with E-state index in [4.69, 9.17) is 5.73 Å². The van der Waals surface area contributed by atoms with E-state index in [9.17, 15) is 29.7 Å². The second-order valence-electron chi connectivity index (χ2n) is 12.1. The molecule has 8 nitrogen and oxygen atoms in total. The number of carbonyl (C=O) groups excluding carboxylic acids is 3. The number of benzene rings is 2. The normalized spacial score (nSPS) is 25.0. The third kappa shape index (κ3) is 4.05. The SMILES string of the molecule is CN(C)[C@@H]1C(O)=C(C(N)=O)C(=O)C2C(=O)C3=C(O)c4c(O)ccc(-c5ccc(C(C)(C)C)cc5)c4CC3CC21. The number of ketones is 2. The van der Waals surface area contributed by atoms with Crippen LogP contribution in [0.4, 0.5) is 0 Å². The number of amides is 1. The number of hydrogen-bond donors (Lipinski definition) is 4. The minimum absolute atomic E-state index is 0.0172. The summed E-state index contributed by atoms with van der Waals surface area (Å²) < 4.78 is 0. The minimum atomic E-state index is -1.26. The Morgan fingerprint density at radius 1 is 0.974 bits per heavy atom. The number of nitrogens with two attached hydrogens (primary N) is 1. The van der Waals surface area contributed by atoms with Gasteiger partial charge in [0.15, 0.2) is 11.6 Å². The summed E-state index contributed by atoms with van der Waals surface area (Å²) in [5.41, 5.74) is 8.75. The number of fused-ring (bicyclic) bond motifs is 3. The van der Waals surface area contributed by atoms with Crippen molar-refractivity contribution >= 4 is 23.2 Å². The fourth-order valence-electron chi connectivity index (χ4n) is 6.69. The van der Waals surface area contributed by atoms with Gasteiger partial charge in [0.25, 0.3) is 5.91 Å². The molecule has 204 valence electrons. The van der Waals surface area contributed by atoms with E-state index in [1.165, 1.54) is 11.6 Å². The number of nitrogens with zero attached hydrogens (tertiary/aromatic N) is 1. The van der Waals surface area contributed by atoms with Crippen molar-refractivity contribution in [2.75, 3.05) is 14.1 Å². The summed E-state index contributed by atoms with van der Waals surface area (Å²) in [6.45, 7) is 6.41. The number of aromatic hydroxyl groups is 1. The van der Waals surface area contributed by atoms with Gasteiger partial charge in [-0.25, -0.2) is 0 Å². The van der Waals surface area contributed by atoms with Crippen LogP contribution in [-0.2, 0) is 26.2 Å². The van der Waals surface area contributed by atoms with Crippen molar-refractivity contribution in [3.63, 3.8) is 0 Å². The van der Waals surface area contributed by atoms with Crippen molar-refractivity contribution in [1.29, 1.82) is 0 Å². The fourth-order valence-corrected chi connectivity index (χ4v) is 6.69. The Balaban J connectivity index is 1.64. The summed E-state index contributed by atoms with van der Waals surface area (Å²) in [6, 6.07) is 10.7. The molecule has 4 atom stereocenters. The molecule has 5 rings (SSSR count). The predicted octanol–water partition coefficient (Wildman–Crippen LogP) is 3.81. The number of allylic oxidation sites excluding steroid dienone is 1. The van der Waals surface area contributed by atoms with E-state index in [1.54, 1.807) is 19.0 Å². The van der Waals surface area contributed by atoms with Crippen LogP contribution in [0.1, 0.15) is 43.9 Å². The molecule has 1 amide bonds. The lowest BCUT2D eigenvalue weighted by molar-refractivity contribution is -0.136. The zero-order chi connectivity index (χ0) is 28.5. The molecule has 0 bridgehead atoms. The van der Waals surface area contributed by atoms with Gasteiger partial charge in [-0.05, 0) is 72.5 Å². The zero-order valence-corrected chi connectivity index (χ0v) is 22.8. The summed E-state index contributed by atoms with van der Waals surface area (Å²) in [5.74, 6) is -5.76. The maximum Gasteiger partial charge on any atom is 0.255 e. The molecule has 2 aromatic carbocycles. The van der Waals surface area contributed by atoms with Crippen LogP contribution >= 0.6 is 0 Å². The van der Waals surface area contributed by atoms with Crippen LogP contribution in [-0.4, -0.2) is 57.8 Å². The lowest BCUT2D eigenvalue weighted by Crippen LogP contribution is -2.55. The minimum Gasteiger partial charge on any atom is -0.510 e. The highest BCUT2D eigenvalue weighted by atomic mass is 16.3. The highest BCUT2D eigenvalue weighted by Gasteiger charge is 2.55. The molecular formula is C31H34N2O6. The van der Waals surface area contributed by atoms with Gasteiger partial charge in [0, 0.05) is 5.57 Å². The number of likely N-dealkylation sites (N-methyl/N-ethyl adjacent to an activating group) is 1. The lowest BCUT2D eigenvalue weighted by Gasteiger charge is -2.46. The second-order valence-corrected chi connectivity index (χ2v) is 12.1. The topological polar surface area (TPSA) is 141 Å². The first-order valence-electron chi connectivity index (χ1n) is 13.1. The first-order valence-corrected chi connectivity index (χ1v) is 13.1. The number of rotatable bonds is 3. The van der Waals surface area contributed by atoms with Crippen LogP contribution in [0.2, 0.25) is 0 Å². The summed E-state index contributed by atoms with van der Waals surface area (Å²) in [5, 5.41) is 33.1. The predicted molar refractivity (Wildman–Crippen MR) is 147 cm³/mol. The maximum absolute atomic E-state index is 13.9. The molecule has 3 aliphatic rings. The van der Waals surface area contributed by atoms with Gasteiger partial charge in [-0.3, -0.25) is 19.3 Å². The number of phenolic OH excluding ortho intramolecular Hbond substituents is 1. The van der Waals surface area contributed by atoms with E-state index in [0.29, 0.717) is 12.8 Å². The Morgan fingerprint density at radius 2 is 1.62 bits per heavy atom. The quantitative estimate of drug-likeness (QED) is 0.349. The first kappa shape index (κ1) is 26.7. The van der Waals surface area contributed by atoms with Crippen molar-refractivity contribution in [2.45, 2.75) is 45.1 Å². The van der Waals surface area contributed by atoms with Gasteiger partial charge in [0.1, 0.15) is 22.8 Å². The first-order chi connectivity index (χ1) is 18.2. The van der Waals surface area contributed by atoms with Crippen molar-refractivity contribution in [2.24, 2.45) is 23.5 Å². The molecule has 3 unspecified atom stereocenters. The average Bonchev–Trinajstić information content (AvgIpc) is 2.83. The molecular weight excluding hydrogens is 496 g/mol. The molecule has 0 spiro atoms. The molecule has 1 fully saturated rings. The second kappa shape index (κ2) is 9.09. The van der Waals surface area contributed by atoms with Gasteiger partial charge < -0.3 is 21.1 Å². The van der Waals surface area contributed by atoms with E-state index in [1.807, 2.05) is 18.2 Å². The van der Waals surface area contributed by atoms with Crippen LogP contribution in [0.15, 0.2) is 53.3 Å². The Labute approximate surface area is 227 Å². The van der Waals surface area contributed by atoms with Crippen LogP contribution in [0.5, 0.6) is 5.75 Å². The number of hydrogen-bond acceptors (Lipinski definition) is 7. The summed E-state index contributed by atoms with van der Waals surface area (Å²) in [4.78, 5) is 40.9. The van der Waals surface area contributed by atoms with E-state index in [0.717, 1.165) is 16.7 Å². The summed E-state index contributed by atoms with van der Waals surface area (Å²) in [7, 11) is 3.40. The fraction of sp³-hybridized carbons (Fsp3) is 0.387. The molecule has 0 radical (unpaired) electrons. The van der Waals surface area contributed by atoms with Crippen LogP contribution < -0.4 is 5.73 Å². The van der Waals surface area contributed by atoms with Gasteiger partial charge in [0.2, 0.25) is 0 Å². The number of phenols is 1. The summed E-state index contributed by atoms with van der Waals surface area (Å²) in [6.07, 6.45) is 0.675. The van der Waals surface area contributed by atoms with Crippen molar-refractivity contribution in [3.8, 4) is 16.9 Å². The number of primary amides is 1. The zero-order valence-electron chi connectivity index (χ0n) is 22.8. The number of aliphatic hydroxyl groups is 2. The van der Waals surface area contributed by atoms with E-state index >= 15 is 0 Å². The van der Waals surface area contributed by atoms with Gasteiger partial charge in [0.05, 0.1) is 17.5 Å². The lowest BCUT2D eigenvalue weighted by atomic mass is 9.59. The van der Waals surface area contributed by atoms with Gasteiger partial charge in [-0.2, -0.15) is 0 Å². The van der Waals surface area contributed by atoms with Crippen molar-refractivity contribution in [1.82, 2.24) is 4.90 Å². The maximum atomic E-state index is 13.9. The number of aliphatic hydroxyl groups excluding tert-OH is 2. The van der Waals surface area contributed by atoms with Crippen LogP contribution in [0, 0.1) is 17.8 Å². The molecule has 8 heteroatoms. The van der Waals surface area contributed by atoms with Gasteiger partial charge >= 0.3 is 0 Å². The third-order valence-electron chi connectivity index (χ3n) is 8.51. The molecule has 0 aliphatic heterocycles. The monoisotopic (exact) mass is 530 g/mol. The highest BCUT2D eigenvalue weighted by molar-refractivity contribution is 6.28. The third-order valence-corrected chi connectivity index (χ3v) is 8.51. The molecule has 0 saturated heterocycles. The van der Waals surface area contributed by atoms with E-state index in [-0.39, 0.29) is 28.1 Å². The van der Waals surface area contributed by atoms with E-state index in [2.05, 4.69) is 32.9 Å². The molecule has 0 aromatic heterocycles. The summed E-state index contributed by atoms with van der Waals surface area (Å²) >= 11 is 0. The number of carbonyl (C=O) groups is 3.